The van der Waals surface area contributed by atoms with Gasteiger partial charge in [0.2, 0.25) is 0 Å². The molecule has 1 saturated heterocycles. The monoisotopic (exact) mass is 412 g/mol. The van der Waals surface area contributed by atoms with Crippen molar-refractivity contribution in [3.05, 3.63) is 46.2 Å². The number of aromatic nitrogens is 2. The van der Waals surface area contributed by atoms with Crippen LogP contribution in [0.3, 0.4) is 0 Å². The molecule has 2 aliphatic heterocycles. The minimum absolute atomic E-state index is 0. The van der Waals surface area contributed by atoms with E-state index in [2.05, 4.69) is 27.6 Å². The van der Waals surface area contributed by atoms with E-state index in [1.165, 1.54) is 4.90 Å². The van der Waals surface area contributed by atoms with Crippen molar-refractivity contribution in [2.24, 2.45) is 0 Å². The molecule has 0 radical (unpaired) electrons. The second kappa shape index (κ2) is 8.65. The number of aromatic amines is 1. The number of benzene rings is 1. The zero-order chi connectivity index (χ0) is 17.2. The van der Waals surface area contributed by atoms with Gasteiger partial charge in [-0.3, -0.25) is 9.89 Å². The number of H-pyrrole nitrogens is 1. The van der Waals surface area contributed by atoms with E-state index >= 15 is 0 Å². The second-order valence-electron chi connectivity index (χ2n) is 6.52. The molecule has 0 atom stereocenters. The summed E-state index contributed by atoms with van der Waals surface area (Å²) in [6.07, 6.45) is 2.92. The van der Waals surface area contributed by atoms with Crippen LogP contribution in [0.25, 0.3) is 0 Å². The van der Waals surface area contributed by atoms with Crippen molar-refractivity contribution in [2.75, 3.05) is 19.6 Å². The van der Waals surface area contributed by atoms with Gasteiger partial charge in [0.15, 0.2) is 5.69 Å². The van der Waals surface area contributed by atoms with Crippen LogP contribution in [-0.2, 0) is 13.0 Å². The van der Waals surface area contributed by atoms with Crippen molar-refractivity contribution in [2.45, 2.75) is 36.0 Å². The van der Waals surface area contributed by atoms with E-state index < -0.39 is 0 Å². The summed E-state index contributed by atoms with van der Waals surface area (Å²) < 4.78 is 0. The average Bonchev–Trinajstić information content (AvgIpc) is 3.08. The minimum atomic E-state index is 0. The Hall–Kier alpha value is -1.21. The highest BCUT2D eigenvalue weighted by Gasteiger charge is 2.28. The van der Waals surface area contributed by atoms with Crippen LogP contribution in [0.4, 0.5) is 0 Å². The normalized spacial score (nSPS) is 17.5. The predicted molar refractivity (Wildman–Crippen MR) is 107 cm³/mol. The molecule has 2 aliphatic rings. The van der Waals surface area contributed by atoms with Crippen LogP contribution in [-0.4, -0.2) is 45.9 Å². The maximum Gasteiger partial charge on any atom is 0.274 e. The van der Waals surface area contributed by atoms with Crippen LogP contribution in [0.15, 0.2) is 29.2 Å². The van der Waals surface area contributed by atoms with Crippen LogP contribution < -0.4 is 5.32 Å². The average molecular weight is 413 g/mol. The lowest BCUT2D eigenvalue weighted by molar-refractivity contribution is 0.0720. The summed E-state index contributed by atoms with van der Waals surface area (Å²) in [5.41, 5.74) is 2.76. The fourth-order valence-electron chi connectivity index (χ4n) is 3.43. The lowest BCUT2D eigenvalue weighted by Gasteiger charge is -2.31. The highest BCUT2D eigenvalue weighted by atomic mass is 35.5. The summed E-state index contributed by atoms with van der Waals surface area (Å²) in [4.78, 5) is 16.0. The number of carbonyl (C=O) groups excluding carboxylic acids is 1. The van der Waals surface area contributed by atoms with Crippen LogP contribution in [0.1, 0.15) is 34.6 Å². The SMILES string of the molecule is Cl.O=C(c1n[nH]c2c1CNCC2)N1CCC(Sc2ccc(Cl)cc2)CC1. The van der Waals surface area contributed by atoms with E-state index in [-0.39, 0.29) is 18.3 Å². The third kappa shape index (κ3) is 4.19. The van der Waals surface area contributed by atoms with Crippen molar-refractivity contribution in [3.63, 3.8) is 0 Å². The first-order valence-corrected chi connectivity index (χ1v) is 9.95. The molecule has 8 heteroatoms. The molecule has 5 nitrogen and oxygen atoms in total. The smallest absolute Gasteiger partial charge is 0.274 e. The minimum Gasteiger partial charge on any atom is -0.337 e. The van der Waals surface area contributed by atoms with Crippen LogP contribution in [0.5, 0.6) is 0 Å². The molecule has 1 amide bonds. The lowest BCUT2D eigenvalue weighted by Crippen LogP contribution is -2.40. The number of nitrogens with one attached hydrogen (secondary N) is 2. The van der Waals surface area contributed by atoms with E-state index in [0.717, 1.165) is 61.7 Å². The van der Waals surface area contributed by atoms with Gasteiger partial charge in [-0.2, -0.15) is 5.10 Å². The zero-order valence-electron chi connectivity index (χ0n) is 14.3. The Balaban J connectivity index is 0.00000196. The Labute approximate surface area is 168 Å². The van der Waals surface area contributed by atoms with Gasteiger partial charge < -0.3 is 10.2 Å². The van der Waals surface area contributed by atoms with Gasteiger partial charge in [0, 0.05) is 59.0 Å². The Bertz CT molecular complexity index is 757. The van der Waals surface area contributed by atoms with Gasteiger partial charge in [-0.1, -0.05) is 11.6 Å². The molecule has 26 heavy (non-hydrogen) atoms. The number of fused-ring (bicyclic) bond motifs is 1. The quantitative estimate of drug-likeness (QED) is 0.809. The molecule has 0 spiro atoms. The molecule has 1 fully saturated rings. The van der Waals surface area contributed by atoms with E-state index in [1.54, 1.807) is 0 Å². The summed E-state index contributed by atoms with van der Waals surface area (Å²) in [6.45, 7) is 3.25. The van der Waals surface area contributed by atoms with E-state index in [1.807, 2.05) is 28.8 Å². The predicted octanol–water partition coefficient (Wildman–Crippen LogP) is 3.53. The van der Waals surface area contributed by atoms with E-state index in [9.17, 15) is 4.79 Å². The number of carbonyl (C=O) groups is 1. The number of hydrogen-bond acceptors (Lipinski definition) is 4. The topological polar surface area (TPSA) is 61.0 Å². The first-order valence-electron chi connectivity index (χ1n) is 8.69. The number of hydrogen-bond donors (Lipinski definition) is 2. The number of piperidine rings is 1. The van der Waals surface area contributed by atoms with Gasteiger partial charge in [0.25, 0.3) is 5.91 Å². The van der Waals surface area contributed by atoms with Gasteiger partial charge in [-0.25, -0.2) is 0 Å². The van der Waals surface area contributed by atoms with Crippen LogP contribution in [0.2, 0.25) is 5.02 Å². The Kier molecular flexibility index (Phi) is 6.51. The molecule has 2 N–H and O–H groups in total. The molecular formula is C18H22Cl2N4OS. The van der Waals surface area contributed by atoms with E-state index in [4.69, 9.17) is 11.6 Å². The number of likely N-dealkylation sites (tertiary alicyclic amines) is 1. The number of thioether (sulfide) groups is 1. The summed E-state index contributed by atoms with van der Waals surface area (Å²) in [7, 11) is 0. The summed E-state index contributed by atoms with van der Waals surface area (Å²) >= 11 is 7.82. The summed E-state index contributed by atoms with van der Waals surface area (Å²) in [5.74, 6) is 0.0659. The molecule has 3 heterocycles. The van der Waals surface area contributed by atoms with Crippen LogP contribution >= 0.6 is 35.8 Å². The highest BCUT2D eigenvalue weighted by Crippen LogP contribution is 2.31. The van der Waals surface area contributed by atoms with E-state index in [0.29, 0.717) is 10.9 Å². The van der Waals surface area contributed by atoms with Gasteiger partial charge in [0.1, 0.15) is 0 Å². The third-order valence-electron chi connectivity index (χ3n) is 4.85. The molecule has 0 saturated carbocycles. The Morgan fingerprint density at radius 1 is 1.23 bits per heavy atom. The third-order valence-corrected chi connectivity index (χ3v) is 6.46. The molecule has 2 aromatic rings. The molecule has 1 aromatic heterocycles. The Morgan fingerprint density at radius 3 is 2.69 bits per heavy atom. The fourth-order valence-corrected chi connectivity index (χ4v) is 4.68. The first-order chi connectivity index (χ1) is 12.2. The molecule has 0 unspecified atom stereocenters. The van der Waals surface area contributed by atoms with Gasteiger partial charge in [0.05, 0.1) is 0 Å². The fraction of sp³-hybridized carbons (Fsp3) is 0.444. The number of rotatable bonds is 3. The number of halogens is 2. The molecule has 0 bridgehead atoms. The number of nitrogens with zero attached hydrogens (tertiary/aromatic N) is 2. The maximum atomic E-state index is 12.8. The van der Waals surface area contributed by atoms with Crippen molar-refractivity contribution in [1.82, 2.24) is 20.4 Å². The summed E-state index contributed by atoms with van der Waals surface area (Å²) in [6, 6.07) is 7.98. The maximum absolute atomic E-state index is 12.8. The first kappa shape index (κ1) is 19.5. The molecule has 0 aliphatic carbocycles. The van der Waals surface area contributed by atoms with Gasteiger partial charge >= 0.3 is 0 Å². The standard InChI is InChI=1S/C18H21ClN4OS.ClH/c19-12-1-3-13(4-2-12)25-14-6-9-23(10-7-14)18(24)17-15-11-20-8-5-16(15)21-22-17;/h1-4,14,20H,5-11H2,(H,21,22);1H. The molecular weight excluding hydrogens is 391 g/mol. The van der Waals surface area contributed by atoms with Crippen molar-refractivity contribution in [1.29, 1.82) is 0 Å². The molecule has 4 rings (SSSR count). The number of amides is 1. The largest absolute Gasteiger partial charge is 0.337 e. The van der Waals surface area contributed by atoms with Crippen molar-refractivity contribution in [3.8, 4) is 0 Å². The van der Waals surface area contributed by atoms with Gasteiger partial charge in [-0.05, 0) is 37.1 Å². The zero-order valence-corrected chi connectivity index (χ0v) is 16.7. The van der Waals surface area contributed by atoms with Gasteiger partial charge in [-0.15, -0.1) is 24.2 Å². The second-order valence-corrected chi connectivity index (χ2v) is 8.33. The molecule has 1 aromatic carbocycles. The lowest BCUT2D eigenvalue weighted by atomic mass is 10.1. The van der Waals surface area contributed by atoms with Crippen LogP contribution in [0, 0.1) is 0 Å². The highest BCUT2D eigenvalue weighted by molar-refractivity contribution is 8.00. The Morgan fingerprint density at radius 2 is 1.96 bits per heavy atom. The summed E-state index contributed by atoms with van der Waals surface area (Å²) in [5, 5.41) is 12.0. The molecule has 140 valence electrons. The van der Waals surface area contributed by atoms with Crippen molar-refractivity contribution < 1.29 is 4.79 Å². The van der Waals surface area contributed by atoms with Crippen molar-refractivity contribution >= 4 is 41.7 Å².